The van der Waals surface area contributed by atoms with E-state index in [2.05, 4.69) is 49.2 Å². The van der Waals surface area contributed by atoms with Gasteiger partial charge in [-0.15, -0.1) is 0 Å². The second-order valence-corrected chi connectivity index (χ2v) is 8.21. The van der Waals surface area contributed by atoms with Crippen LogP contribution in [0.15, 0.2) is 42.7 Å². The molecule has 0 saturated carbocycles. The Bertz CT molecular complexity index is 821. The minimum atomic E-state index is -0.0189. The lowest BCUT2D eigenvalue weighted by molar-refractivity contribution is -0.126. The molecule has 160 valence electrons. The van der Waals surface area contributed by atoms with E-state index in [1.807, 2.05) is 30.6 Å². The molecule has 1 amide bonds. The van der Waals surface area contributed by atoms with Gasteiger partial charge in [-0.3, -0.25) is 9.69 Å². The number of carbonyl (C=O) groups is 1. The Hall–Kier alpha value is -2.67. The molecule has 1 N–H and O–H groups in total. The summed E-state index contributed by atoms with van der Waals surface area (Å²) in [5.74, 6) is 2.14. The maximum Gasteiger partial charge on any atom is 0.237 e. The van der Waals surface area contributed by atoms with Crippen LogP contribution in [-0.4, -0.2) is 66.6 Å². The summed E-state index contributed by atoms with van der Waals surface area (Å²) in [6.45, 7) is 5.11. The zero-order valence-corrected chi connectivity index (χ0v) is 17.8. The van der Waals surface area contributed by atoms with Gasteiger partial charge in [0.2, 0.25) is 5.91 Å². The largest absolute Gasteiger partial charge is 0.353 e. The minimum absolute atomic E-state index is 0.0189. The molecule has 1 atom stereocenters. The van der Waals surface area contributed by atoms with E-state index < -0.39 is 0 Å². The summed E-state index contributed by atoms with van der Waals surface area (Å²) in [4.78, 5) is 28.8. The Balaban J connectivity index is 1.37. The first-order valence-electron chi connectivity index (χ1n) is 11.0. The molecule has 2 aliphatic heterocycles. The van der Waals surface area contributed by atoms with Crippen molar-refractivity contribution in [1.29, 1.82) is 0 Å². The monoisotopic (exact) mass is 408 g/mol. The maximum atomic E-state index is 12.8. The van der Waals surface area contributed by atoms with Gasteiger partial charge < -0.3 is 15.1 Å². The van der Waals surface area contributed by atoms with Crippen LogP contribution in [-0.2, 0) is 11.3 Å². The topological polar surface area (TPSA) is 64.6 Å². The number of amides is 1. The normalized spacial score (nSPS) is 20.6. The number of anilines is 2. The van der Waals surface area contributed by atoms with Crippen molar-refractivity contribution in [1.82, 2.24) is 20.2 Å². The zero-order valence-electron chi connectivity index (χ0n) is 17.8. The van der Waals surface area contributed by atoms with Crippen LogP contribution in [0, 0.1) is 0 Å². The third-order valence-electron chi connectivity index (χ3n) is 6.20. The first-order chi connectivity index (χ1) is 14.7. The molecule has 7 nitrogen and oxygen atoms in total. The fraction of sp³-hybridized carbons (Fsp3) is 0.522. The van der Waals surface area contributed by atoms with Crippen LogP contribution in [0.5, 0.6) is 0 Å². The van der Waals surface area contributed by atoms with Crippen molar-refractivity contribution in [2.24, 2.45) is 0 Å². The number of hydrogen-bond acceptors (Lipinski definition) is 6. The van der Waals surface area contributed by atoms with Gasteiger partial charge in [0.05, 0.1) is 6.04 Å². The van der Waals surface area contributed by atoms with Gasteiger partial charge in [-0.2, -0.15) is 0 Å². The highest BCUT2D eigenvalue weighted by Gasteiger charge is 2.25. The van der Waals surface area contributed by atoms with Crippen molar-refractivity contribution in [2.45, 2.75) is 38.3 Å². The van der Waals surface area contributed by atoms with Gasteiger partial charge in [-0.1, -0.05) is 25.0 Å². The van der Waals surface area contributed by atoms with Gasteiger partial charge in [0.15, 0.2) is 0 Å². The van der Waals surface area contributed by atoms with Gasteiger partial charge in [0.25, 0.3) is 0 Å². The van der Waals surface area contributed by atoms with E-state index in [9.17, 15) is 4.79 Å². The molecule has 2 aromatic rings. The number of aromatic nitrogens is 2. The predicted octanol–water partition coefficient (Wildman–Crippen LogP) is 2.29. The molecule has 2 aromatic heterocycles. The molecule has 0 aromatic carbocycles. The van der Waals surface area contributed by atoms with E-state index in [0.717, 1.165) is 62.8 Å². The Morgan fingerprint density at radius 3 is 2.57 bits per heavy atom. The molecule has 4 heterocycles. The smallest absolute Gasteiger partial charge is 0.237 e. The highest BCUT2D eigenvalue weighted by molar-refractivity contribution is 5.81. The first-order valence-corrected chi connectivity index (χ1v) is 11.0. The third kappa shape index (κ3) is 4.90. The predicted molar refractivity (Wildman–Crippen MR) is 120 cm³/mol. The fourth-order valence-electron chi connectivity index (χ4n) is 4.42. The van der Waals surface area contributed by atoms with Crippen LogP contribution in [0.3, 0.4) is 0 Å². The number of nitrogens with zero attached hydrogens (tertiary/aromatic N) is 5. The Morgan fingerprint density at radius 1 is 0.967 bits per heavy atom. The number of hydrogen-bond donors (Lipinski definition) is 1. The van der Waals surface area contributed by atoms with Crippen LogP contribution < -0.4 is 15.1 Å². The van der Waals surface area contributed by atoms with Crippen molar-refractivity contribution in [3.8, 4) is 0 Å². The first kappa shape index (κ1) is 20.6. The number of likely N-dealkylation sites (N-methyl/N-ethyl adjacent to an activating group) is 1. The number of nitrogens with one attached hydrogen (secondary N) is 1. The van der Waals surface area contributed by atoms with E-state index >= 15 is 0 Å². The average molecular weight is 409 g/mol. The lowest BCUT2D eigenvalue weighted by Gasteiger charge is -2.36. The van der Waals surface area contributed by atoms with Gasteiger partial charge in [-0.05, 0) is 44.6 Å². The standard InChI is InChI=1S/C23H32N6O/c1-27-13-6-2-3-9-20(27)23(30)26-18-19-8-7-12-25-22(19)29-16-14-28(15-17-29)21-10-4-5-11-24-21/h4-5,7-8,10-12,20H,2-3,6,9,13-18H2,1H3,(H,26,30). The number of pyridine rings is 2. The molecule has 2 fully saturated rings. The third-order valence-corrected chi connectivity index (χ3v) is 6.20. The van der Waals surface area contributed by atoms with E-state index in [-0.39, 0.29) is 11.9 Å². The minimum Gasteiger partial charge on any atom is -0.353 e. The highest BCUT2D eigenvalue weighted by Crippen LogP contribution is 2.21. The van der Waals surface area contributed by atoms with Gasteiger partial charge in [0.1, 0.15) is 11.6 Å². The molecule has 30 heavy (non-hydrogen) atoms. The second-order valence-electron chi connectivity index (χ2n) is 8.21. The van der Waals surface area contributed by atoms with Crippen molar-refractivity contribution in [3.05, 3.63) is 48.3 Å². The van der Waals surface area contributed by atoms with Crippen molar-refractivity contribution in [2.75, 3.05) is 49.6 Å². The summed E-state index contributed by atoms with van der Waals surface area (Å²) in [5.41, 5.74) is 1.08. The summed E-state index contributed by atoms with van der Waals surface area (Å²) < 4.78 is 0. The molecule has 2 aliphatic rings. The van der Waals surface area contributed by atoms with Crippen LogP contribution in [0.1, 0.15) is 31.2 Å². The van der Waals surface area contributed by atoms with Crippen LogP contribution in [0.4, 0.5) is 11.6 Å². The Kier molecular flexibility index (Phi) is 6.79. The van der Waals surface area contributed by atoms with Gasteiger partial charge >= 0.3 is 0 Å². The van der Waals surface area contributed by atoms with Crippen molar-refractivity contribution in [3.63, 3.8) is 0 Å². The highest BCUT2D eigenvalue weighted by atomic mass is 16.2. The SMILES string of the molecule is CN1CCCCCC1C(=O)NCc1cccnc1N1CCN(c2ccccn2)CC1. The van der Waals surface area contributed by atoms with Gasteiger partial charge in [0, 0.05) is 50.7 Å². The quantitative estimate of drug-likeness (QED) is 0.819. The van der Waals surface area contributed by atoms with E-state index in [1.54, 1.807) is 0 Å². The summed E-state index contributed by atoms with van der Waals surface area (Å²) in [6.07, 6.45) is 8.14. The molecule has 1 unspecified atom stereocenters. The van der Waals surface area contributed by atoms with E-state index in [1.165, 1.54) is 12.8 Å². The molecule has 0 radical (unpaired) electrons. The summed E-state index contributed by atoms with van der Waals surface area (Å²) >= 11 is 0. The summed E-state index contributed by atoms with van der Waals surface area (Å²) in [5, 5.41) is 3.17. The lowest BCUT2D eigenvalue weighted by atomic mass is 10.1. The maximum absolute atomic E-state index is 12.8. The fourth-order valence-corrected chi connectivity index (χ4v) is 4.42. The number of piperazine rings is 1. The van der Waals surface area contributed by atoms with Gasteiger partial charge in [-0.25, -0.2) is 9.97 Å². The Labute approximate surface area is 179 Å². The molecule has 0 bridgehead atoms. The van der Waals surface area contributed by atoms with Crippen LogP contribution in [0.2, 0.25) is 0 Å². The summed E-state index contributed by atoms with van der Waals surface area (Å²) in [7, 11) is 2.06. The lowest BCUT2D eigenvalue weighted by Crippen LogP contribution is -2.47. The molecular weight excluding hydrogens is 376 g/mol. The molecule has 7 heteroatoms. The molecule has 0 spiro atoms. The van der Waals surface area contributed by atoms with Crippen LogP contribution >= 0.6 is 0 Å². The molecular formula is C23H32N6O. The summed E-state index contributed by atoms with van der Waals surface area (Å²) in [6, 6.07) is 10.0. The number of likely N-dealkylation sites (tertiary alicyclic amines) is 1. The Morgan fingerprint density at radius 2 is 1.77 bits per heavy atom. The molecule has 0 aliphatic carbocycles. The van der Waals surface area contributed by atoms with Crippen molar-refractivity contribution >= 4 is 17.5 Å². The average Bonchev–Trinajstić information content (AvgIpc) is 3.03. The second kappa shape index (κ2) is 9.89. The number of rotatable bonds is 5. The molecule has 4 rings (SSSR count). The molecule has 2 saturated heterocycles. The zero-order chi connectivity index (χ0) is 20.8. The van der Waals surface area contributed by atoms with Crippen LogP contribution in [0.25, 0.3) is 0 Å². The van der Waals surface area contributed by atoms with E-state index in [0.29, 0.717) is 6.54 Å². The van der Waals surface area contributed by atoms with Crippen molar-refractivity contribution < 1.29 is 4.79 Å². The van der Waals surface area contributed by atoms with E-state index in [4.69, 9.17) is 0 Å². The number of carbonyl (C=O) groups excluding carboxylic acids is 1.